The smallest absolute Gasteiger partial charge is 0.319 e. The molecule has 0 spiro atoms. The predicted octanol–water partition coefficient (Wildman–Crippen LogP) is 2.58. The van der Waals surface area contributed by atoms with E-state index in [1.807, 2.05) is 32.0 Å². The van der Waals surface area contributed by atoms with Crippen LogP contribution in [-0.4, -0.2) is 18.5 Å². The Balaban J connectivity index is 1.84. The molecule has 5 heteroatoms. The van der Waals surface area contributed by atoms with E-state index < -0.39 is 5.91 Å². The fourth-order valence-corrected chi connectivity index (χ4v) is 1.98. The van der Waals surface area contributed by atoms with E-state index in [1.165, 1.54) is 5.56 Å². The van der Waals surface area contributed by atoms with Crippen molar-refractivity contribution in [1.29, 1.82) is 0 Å². The number of urea groups is 1. The largest absolute Gasteiger partial charge is 0.366 e. The van der Waals surface area contributed by atoms with Crippen molar-refractivity contribution in [2.75, 3.05) is 11.9 Å². The average molecular weight is 321 g/mol. The number of hydrogen-bond acceptors (Lipinski definition) is 2. The van der Waals surface area contributed by atoms with Gasteiger partial charge in [-0.1, -0.05) is 17.9 Å². The van der Waals surface area contributed by atoms with Crippen molar-refractivity contribution in [2.45, 2.75) is 13.8 Å². The van der Waals surface area contributed by atoms with Gasteiger partial charge in [0.2, 0.25) is 5.91 Å². The molecule has 2 aromatic carbocycles. The third-order valence-electron chi connectivity index (χ3n) is 3.50. The number of nitrogens with two attached hydrogens (primary N) is 1. The molecule has 0 unspecified atom stereocenters. The lowest BCUT2D eigenvalue weighted by Gasteiger charge is -2.07. The SMILES string of the molecule is Cc1ccc(NC(=O)NCC#Cc2ccc(C(N)=O)cc2)cc1C. The van der Waals surface area contributed by atoms with Gasteiger partial charge in [0.25, 0.3) is 0 Å². The molecule has 3 amide bonds. The van der Waals surface area contributed by atoms with E-state index in [2.05, 4.69) is 22.5 Å². The Morgan fingerprint density at radius 2 is 1.75 bits per heavy atom. The number of rotatable bonds is 3. The van der Waals surface area contributed by atoms with Crippen molar-refractivity contribution in [3.8, 4) is 11.8 Å². The van der Waals surface area contributed by atoms with Crippen LogP contribution >= 0.6 is 0 Å². The standard InChI is InChI=1S/C19H19N3O2/c1-13-5-10-17(12-14(13)2)22-19(24)21-11-3-4-15-6-8-16(9-7-15)18(20)23/h5-10,12H,11H2,1-2H3,(H2,20,23)(H2,21,22,24). The van der Waals surface area contributed by atoms with Gasteiger partial charge in [-0.05, 0) is 61.4 Å². The van der Waals surface area contributed by atoms with Gasteiger partial charge in [-0.2, -0.15) is 0 Å². The Morgan fingerprint density at radius 3 is 2.38 bits per heavy atom. The van der Waals surface area contributed by atoms with E-state index in [9.17, 15) is 9.59 Å². The molecule has 2 aromatic rings. The zero-order valence-electron chi connectivity index (χ0n) is 13.6. The highest BCUT2D eigenvalue weighted by molar-refractivity contribution is 5.92. The number of anilines is 1. The molecule has 0 saturated carbocycles. The fraction of sp³-hybridized carbons (Fsp3) is 0.158. The molecule has 0 aliphatic carbocycles. The first-order valence-corrected chi connectivity index (χ1v) is 7.46. The second-order valence-corrected chi connectivity index (χ2v) is 5.35. The van der Waals surface area contributed by atoms with Gasteiger partial charge >= 0.3 is 6.03 Å². The zero-order valence-corrected chi connectivity index (χ0v) is 13.6. The average Bonchev–Trinajstić information content (AvgIpc) is 2.55. The number of amides is 3. The van der Waals surface area contributed by atoms with Crippen molar-refractivity contribution in [1.82, 2.24) is 5.32 Å². The Bertz CT molecular complexity index is 815. The van der Waals surface area contributed by atoms with Crippen LogP contribution in [0, 0.1) is 25.7 Å². The molecular weight excluding hydrogens is 302 g/mol. The van der Waals surface area contributed by atoms with Crippen molar-refractivity contribution < 1.29 is 9.59 Å². The molecule has 4 N–H and O–H groups in total. The minimum atomic E-state index is -0.473. The number of hydrogen-bond donors (Lipinski definition) is 3. The lowest BCUT2D eigenvalue weighted by molar-refractivity contribution is 0.100. The summed E-state index contributed by atoms with van der Waals surface area (Å²) in [6.45, 7) is 4.23. The van der Waals surface area contributed by atoms with Gasteiger partial charge in [-0.15, -0.1) is 0 Å². The van der Waals surface area contributed by atoms with Crippen LogP contribution in [0.2, 0.25) is 0 Å². The number of carbonyl (C=O) groups excluding carboxylic acids is 2. The minimum Gasteiger partial charge on any atom is -0.366 e. The highest BCUT2D eigenvalue weighted by atomic mass is 16.2. The second-order valence-electron chi connectivity index (χ2n) is 5.35. The van der Waals surface area contributed by atoms with E-state index in [0.29, 0.717) is 5.56 Å². The summed E-state index contributed by atoms with van der Waals surface area (Å²) < 4.78 is 0. The lowest BCUT2D eigenvalue weighted by atomic mass is 10.1. The molecule has 0 aliphatic heterocycles. The number of primary amides is 1. The summed E-state index contributed by atoms with van der Waals surface area (Å²) >= 11 is 0. The second kappa shape index (κ2) is 7.84. The van der Waals surface area contributed by atoms with E-state index in [0.717, 1.165) is 16.8 Å². The molecule has 0 heterocycles. The molecule has 122 valence electrons. The Hall–Kier alpha value is -3.26. The van der Waals surface area contributed by atoms with E-state index >= 15 is 0 Å². The van der Waals surface area contributed by atoms with Crippen LogP contribution in [0.15, 0.2) is 42.5 Å². The first-order valence-electron chi connectivity index (χ1n) is 7.46. The lowest BCUT2D eigenvalue weighted by Crippen LogP contribution is -2.28. The Labute approximate surface area is 141 Å². The van der Waals surface area contributed by atoms with Gasteiger partial charge < -0.3 is 16.4 Å². The highest BCUT2D eigenvalue weighted by Gasteiger charge is 2.01. The van der Waals surface area contributed by atoms with Gasteiger partial charge in [-0.25, -0.2) is 4.79 Å². The number of carbonyl (C=O) groups is 2. The Kier molecular flexibility index (Phi) is 5.58. The van der Waals surface area contributed by atoms with Crippen molar-refractivity contribution in [2.24, 2.45) is 5.73 Å². The monoisotopic (exact) mass is 321 g/mol. The Morgan fingerprint density at radius 1 is 1.04 bits per heavy atom. The van der Waals surface area contributed by atoms with Crippen molar-refractivity contribution >= 4 is 17.6 Å². The summed E-state index contributed by atoms with van der Waals surface area (Å²) in [6.07, 6.45) is 0. The molecule has 0 fully saturated rings. The zero-order chi connectivity index (χ0) is 17.5. The summed E-state index contributed by atoms with van der Waals surface area (Å²) in [7, 11) is 0. The normalized spacial score (nSPS) is 9.58. The van der Waals surface area contributed by atoms with Crippen LogP contribution in [0.25, 0.3) is 0 Å². The molecular formula is C19H19N3O2. The summed E-state index contributed by atoms with van der Waals surface area (Å²) in [5, 5.41) is 5.43. The maximum absolute atomic E-state index is 11.8. The number of nitrogens with one attached hydrogen (secondary N) is 2. The van der Waals surface area contributed by atoms with Gasteiger partial charge in [0.15, 0.2) is 0 Å². The van der Waals surface area contributed by atoms with E-state index in [1.54, 1.807) is 24.3 Å². The topological polar surface area (TPSA) is 84.2 Å². The number of aryl methyl sites for hydroxylation is 2. The molecule has 2 rings (SSSR count). The maximum Gasteiger partial charge on any atom is 0.319 e. The molecule has 5 nitrogen and oxygen atoms in total. The summed E-state index contributed by atoms with van der Waals surface area (Å²) in [6, 6.07) is 12.1. The van der Waals surface area contributed by atoms with E-state index in [4.69, 9.17) is 5.73 Å². The predicted molar refractivity (Wildman–Crippen MR) is 94.8 cm³/mol. The fourth-order valence-electron chi connectivity index (χ4n) is 1.98. The van der Waals surface area contributed by atoms with Gasteiger partial charge in [0.1, 0.15) is 0 Å². The molecule has 0 radical (unpaired) electrons. The summed E-state index contributed by atoms with van der Waals surface area (Å²) in [5.74, 6) is 5.28. The molecule has 24 heavy (non-hydrogen) atoms. The van der Waals surface area contributed by atoms with Crippen molar-refractivity contribution in [3.63, 3.8) is 0 Å². The van der Waals surface area contributed by atoms with Crippen LogP contribution in [0.4, 0.5) is 10.5 Å². The van der Waals surface area contributed by atoms with E-state index in [-0.39, 0.29) is 12.6 Å². The first-order chi connectivity index (χ1) is 11.5. The summed E-state index contributed by atoms with van der Waals surface area (Å²) in [5.41, 5.74) is 9.39. The van der Waals surface area contributed by atoms with Gasteiger partial charge in [0, 0.05) is 16.8 Å². The third-order valence-corrected chi connectivity index (χ3v) is 3.50. The van der Waals surface area contributed by atoms with Gasteiger partial charge in [0.05, 0.1) is 6.54 Å². The number of benzene rings is 2. The van der Waals surface area contributed by atoms with Crippen LogP contribution in [0.3, 0.4) is 0 Å². The van der Waals surface area contributed by atoms with Crippen LogP contribution in [-0.2, 0) is 0 Å². The van der Waals surface area contributed by atoms with Crippen molar-refractivity contribution in [3.05, 3.63) is 64.7 Å². The third kappa shape index (κ3) is 4.89. The molecule has 0 saturated heterocycles. The highest BCUT2D eigenvalue weighted by Crippen LogP contribution is 2.13. The molecule has 0 aliphatic rings. The minimum absolute atomic E-state index is 0.217. The summed E-state index contributed by atoms with van der Waals surface area (Å²) in [4.78, 5) is 22.8. The molecule has 0 aromatic heterocycles. The molecule has 0 atom stereocenters. The maximum atomic E-state index is 11.8. The van der Waals surface area contributed by atoms with Crippen LogP contribution < -0.4 is 16.4 Å². The van der Waals surface area contributed by atoms with Crippen LogP contribution in [0.1, 0.15) is 27.0 Å². The van der Waals surface area contributed by atoms with Gasteiger partial charge in [-0.3, -0.25) is 4.79 Å². The van der Waals surface area contributed by atoms with Crippen LogP contribution in [0.5, 0.6) is 0 Å². The molecule has 0 bridgehead atoms. The first kappa shape index (κ1) is 17.1. The quantitative estimate of drug-likeness (QED) is 0.759.